The van der Waals surface area contributed by atoms with Gasteiger partial charge in [0.25, 0.3) is 12.3 Å². The topological polar surface area (TPSA) is 92.7 Å². The number of halogens is 2. The molecule has 3 aromatic rings. The second kappa shape index (κ2) is 10.5. The summed E-state index contributed by atoms with van der Waals surface area (Å²) in [5.74, 6) is 7.15. The lowest BCUT2D eigenvalue weighted by atomic mass is 9.98. The number of rotatable bonds is 6. The number of nitrogens with one attached hydrogen (secondary N) is 1. The Hall–Kier alpha value is -4.01. The number of alkyl halides is 2. The van der Waals surface area contributed by atoms with Crippen molar-refractivity contribution in [1.82, 2.24) is 15.0 Å². The minimum absolute atomic E-state index is 0.0959. The van der Waals surface area contributed by atoms with E-state index >= 15 is 0 Å². The summed E-state index contributed by atoms with van der Waals surface area (Å²) in [5.41, 5.74) is 1.62. The van der Waals surface area contributed by atoms with Crippen molar-refractivity contribution in [2.24, 2.45) is 10.9 Å². The molecule has 1 aromatic carbocycles. The highest BCUT2D eigenvalue weighted by Crippen LogP contribution is 2.45. The lowest BCUT2D eigenvalue weighted by Gasteiger charge is -2.33. The molecule has 2 aliphatic carbocycles. The molecule has 6 rings (SSSR count). The van der Waals surface area contributed by atoms with Crippen LogP contribution in [0.5, 0.6) is 5.75 Å². The van der Waals surface area contributed by atoms with E-state index in [0.29, 0.717) is 70.4 Å². The molecule has 2 saturated carbocycles. The fourth-order valence-corrected chi connectivity index (χ4v) is 4.77. The van der Waals surface area contributed by atoms with Crippen LogP contribution in [-0.4, -0.2) is 52.9 Å². The molecule has 40 heavy (non-hydrogen) atoms. The first kappa shape index (κ1) is 26.2. The number of hydrogen-bond donors (Lipinski definition) is 1. The third-order valence-electron chi connectivity index (χ3n) is 7.08. The number of amides is 1. The van der Waals surface area contributed by atoms with Crippen LogP contribution in [0.4, 0.5) is 20.3 Å². The average molecular weight is 562 g/mol. The van der Waals surface area contributed by atoms with Gasteiger partial charge in [-0.3, -0.25) is 9.78 Å². The number of aromatic nitrogens is 3. The number of morpholine rings is 1. The smallest absolute Gasteiger partial charge is 0.280 e. The Bertz CT molecular complexity index is 1640. The molecule has 204 valence electrons. The van der Waals surface area contributed by atoms with E-state index in [1.807, 2.05) is 0 Å². The fourth-order valence-electron chi connectivity index (χ4n) is 4.56. The second-order valence-corrected chi connectivity index (χ2v) is 10.3. The van der Waals surface area contributed by atoms with Crippen molar-refractivity contribution in [3.8, 4) is 28.7 Å². The molecule has 1 aliphatic heterocycles. The molecule has 1 N–H and O–H groups in total. The molecule has 1 spiro atoms. The van der Waals surface area contributed by atoms with Gasteiger partial charge in [0.05, 0.1) is 26.1 Å². The first-order chi connectivity index (χ1) is 19.4. The molecule has 11 heteroatoms. The van der Waals surface area contributed by atoms with Crippen molar-refractivity contribution in [2.75, 3.05) is 25.2 Å². The van der Waals surface area contributed by atoms with Gasteiger partial charge in [0.1, 0.15) is 27.4 Å². The molecule has 3 heterocycles. The van der Waals surface area contributed by atoms with Crippen molar-refractivity contribution >= 4 is 35.8 Å². The van der Waals surface area contributed by atoms with Gasteiger partial charge in [-0.15, -0.1) is 0 Å². The number of carbonyl (C=O) groups is 1. The Kier molecular flexibility index (Phi) is 6.90. The van der Waals surface area contributed by atoms with Crippen LogP contribution < -0.4 is 9.64 Å². The largest absolute Gasteiger partial charge is 0.494 e. The van der Waals surface area contributed by atoms with E-state index in [2.05, 4.69) is 31.8 Å². The maximum Gasteiger partial charge on any atom is 0.280 e. The summed E-state index contributed by atoms with van der Waals surface area (Å²) in [5, 5.41) is 0. The minimum Gasteiger partial charge on any atom is -0.494 e. The van der Waals surface area contributed by atoms with Crippen molar-refractivity contribution in [3.05, 3.63) is 58.3 Å². The number of pyridine rings is 1. The third-order valence-corrected chi connectivity index (χ3v) is 7.37. The predicted molar refractivity (Wildman–Crippen MR) is 148 cm³/mol. The van der Waals surface area contributed by atoms with E-state index in [1.165, 1.54) is 19.4 Å². The van der Waals surface area contributed by atoms with Crippen LogP contribution in [0, 0.1) is 22.4 Å². The van der Waals surface area contributed by atoms with Crippen LogP contribution in [0.1, 0.15) is 49.1 Å². The average Bonchev–Trinajstić information content (AvgIpc) is 3.90. The van der Waals surface area contributed by atoms with E-state index in [1.54, 1.807) is 35.5 Å². The maximum atomic E-state index is 13.6. The number of carbonyl (C=O) groups excluding carboxylic acids is 1. The number of aliphatic imine (C=N–C) groups is 1. The molecule has 0 bridgehead atoms. The second-order valence-electron chi connectivity index (χ2n) is 9.93. The van der Waals surface area contributed by atoms with Crippen LogP contribution in [0.3, 0.4) is 0 Å². The van der Waals surface area contributed by atoms with E-state index < -0.39 is 17.7 Å². The molecule has 3 fully saturated rings. The normalized spacial score (nSPS) is 17.8. The first-order valence-electron chi connectivity index (χ1n) is 12.9. The van der Waals surface area contributed by atoms with Gasteiger partial charge in [0, 0.05) is 35.5 Å². The lowest BCUT2D eigenvalue weighted by molar-refractivity contribution is -0.137. The highest BCUT2D eigenvalue weighted by Gasteiger charge is 2.55. The molecule has 0 atom stereocenters. The Morgan fingerprint density at radius 3 is 2.77 bits per heavy atom. The van der Waals surface area contributed by atoms with Gasteiger partial charge >= 0.3 is 0 Å². The van der Waals surface area contributed by atoms with Crippen LogP contribution in [0.2, 0.25) is 0 Å². The number of H-pyrrole nitrogens is 1. The van der Waals surface area contributed by atoms with Gasteiger partial charge in [-0.05, 0) is 55.4 Å². The Labute approximate surface area is 234 Å². The summed E-state index contributed by atoms with van der Waals surface area (Å²) in [6, 6.07) is 6.65. The molecule has 0 radical (unpaired) electrons. The van der Waals surface area contributed by atoms with Gasteiger partial charge < -0.3 is 19.4 Å². The number of ether oxygens (including phenoxy) is 2. The highest BCUT2D eigenvalue weighted by atomic mass is 32.1. The number of methoxy groups -OCH3 is 1. The zero-order chi connectivity index (χ0) is 27.9. The van der Waals surface area contributed by atoms with Crippen molar-refractivity contribution < 1.29 is 23.0 Å². The SMILES string of the molecule is COc1cnc(C(F)F)cc1-c1cc(N2CCOC3(CC3)C2=O)ccc1C=Nc1ncc(C#CC2CC2)[nH]c1=S. The molecule has 3 aliphatic rings. The number of nitrogens with zero attached hydrogens (tertiary/aromatic N) is 4. The van der Waals surface area contributed by atoms with Crippen molar-refractivity contribution in [3.63, 3.8) is 0 Å². The molecule has 8 nitrogen and oxygen atoms in total. The number of aromatic amines is 1. The van der Waals surface area contributed by atoms with E-state index in [-0.39, 0.29) is 11.7 Å². The molecule has 2 aromatic heterocycles. The van der Waals surface area contributed by atoms with Gasteiger partial charge in [0.15, 0.2) is 5.82 Å². The molecule has 0 unspecified atom stereocenters. The van der Waals surface area contributed by atoms with Gasteiger partial charge in [-0.25, -0.2) is 18.8 Å². The van der Waals surface area contributed by atoms with E-state index in [4.69, 9.17) is 21.7 Å². The maximum absolute atomic E-state index is 13.6. The summed E-state index contributed by atoms with van der Waals surface area (Å²) in [7, 11) is 1.44. The molecular weight excluding hydrogens is 536 g/mol. The van der Waals surface area contributed by atoms with Crippen molar-refractivity contribution in [1.29, 1.82) is 0 Å². The highest BCUT2D eigenvalue weighted by molar-refractivity contribution is 7.71. The number of hydrogen-bond acceptors (Lipinski definition) is 7. The summed E-state index contributed by atoms with van der Waals surface area (Å²) in [6.07, 6.45) is 5.25. The van der Waals surface area contributed by atoms with Crippen LogP contribution >= 0.6 is 12.2 Å². The number of benzene rings is 1. The number of anilines is 1. The molecule has 1 amide bonds. The Balaban J connectivity index is 1.40. The predicted octanol–water partition coefficient (Wildman–Crippen LogP) is 5.56. The summed E-state index contributed by atoms with van der Waals surface area (Å²) >= 11 is 5.44. The van der Waals surface area contributed by atoms with Crippen molar-refractivity contribution in [2.45, 2.75) is 37.7 Å². The minimum atomic E-state index is -2.77. The van der Waals surface area contributed by atoms with Gasteiger partial charge in [-0.1, -0.05) is 24.2 Å². The Morgan fingerprint density at radius 2 is 2.08 bits per heavy atom. The first-order valence-corrected chi connectivity index (χ1v) is 13.3. The third kappa shape index (κ3) is 5.24. The summed E-state index contributed by atoms with van der Waals surface area (Å²) < 4.78 is 38.8. The summed E-state index contributed by atoms with van der Waals surface area (Å²) in [4.78, 5) is 30.6. The Morgan fingerprint density at radius 1 is 1.25 bits per heavy atom. The van der Waals surface area contributed by atoms with Crippen LogP contribution in [-0.2, 0) is 9.53 Å². The van der Waals surface area contributed by atoms with Crippen LogP contribution in [0.15, 0.2) is 41.7 Å². The van der Waals surface area contributed by atoms with Gasteiger partial charge in [-0.2, -0.15) is 0 Å². The zero-order valence-corrected chi connectivity index (χ0v) is 22.4. The van der Waals surface area contributed by atoms with E-state index in [0.717, 1.165) is 12.8 Å². The monoisotopic (exact) mass is 561 g/mol. The summed E-state index contributed by atoms with van der Waals surface area (Å²) in [6.45, 7) is 0.807. The molecular formula is C29H25F2N5O3S. The quantitative estimate of drug-likeness (QED) is 0.241. The lowest BCUT2D eigenvalue weighted by Crippen LogP contribution is -2.49. The zero-order valence-electron chi connectivity index (χ0n) is 21.6. The standard InChI is InChI=1S/C29H25F2N5O3S/c1-38-24-16-32-23(25(30)31)13-22(24)21-12-20(36-10-11-39-29(8-9-29)28(36)37)7-5-18(21)14-33-26-27(40)35-19(15-34-26)6-4-17-2-3-17/h5,7,12-17,25H,2-3,8-11H2,1H3,(H,35,40). The van der Waals surface area contributed by atoms with Crippen LogP contribution in [0.25, 0.3) is 11.1 Å². The van der Waals surface area contributed by atoms with E-state index in [9.17, 15) is 13.6 Å². The van der Waals surface area contributed by atoms with Gasteiger partial charge in [0.2, 0.25) is 0 Å². The molecule has 1 saturated heterocycles. The fraction of sp³-hybridized carbons (Fsp3) is 0.345.